The van der Waals surface area contributed by atoms with E-state index >= 15 is 0 Å². The SMILES string of the molecule is CCP(=O)(O)OCNC(=O)[C@H](CC(C)C)NC(=O)Nc1ccc(S(C)(=O)=O)cc1. The molecule has 0 radical (unpaired) electrons. The highest BCUT2D eigenvalue weighted by atomic mass is 32.2. The quantitative estimate of drug-likeness (QED) is 0.315. The van der Waals surface area contributed by atoms with E-state index in [0.717, 1.165) is 6.26 Å². The summed E-state index contributed by atoms with van der Waals surface area (Å²) in [5.41, 5.74) is 0.353. The lowest BCUT2D eigenvalue weighted by atomic mass is 10.0. The number of anilines is 1. The van der Waals surface area contributed by atoms with Crippen molar-refractivity contribution in [1.82, 2.24) is 10.6 Å². The molecule has 0 fully saturated rings. The molecule has 164 valence electrons. The molecule has 1 aromatic carbocycles. The third-order valence-corrected chi connectivity index (χ3v) is 6.24. The predicted octanol–water partition coefficient (Wildman–Crippen LogP) is 1.92. The number of hydrogen-bond acceptors (Lipinski definition) is 6. The topological polar surface area (TPSA) is 151 Å². The summed E-state index contributed by atoms with van der Waals surface area (Å²) in [4.78, 5) is 34.0. The average molecular weight is 449 g/mol. The van der Waals surface area contributed by atoms with E-state index < -0.39 is 42.1 Å². The standard InChI is InChI=1S/C17H28N3O7PS/c1-5-28(23,24)27-11-18-16(21)15(10-12(2)3)20-17(22)19-13-6-8-14(9-7-13)29(4,25)26/h6-9,12,15H,5,10-11H2,1-4H3,(H,18,21)(H,23,24)(H2,19,20,22)/t15-/m0/s1. The minimum atomic E-state index is -3.73. The molecule has 0 saturated carbocycles. The summed E-state index contributed by atoms with van der Waals surface area (Å²) in [6.45, 7) is 4.78. The van der Waals surface area contributed by atoms with Crippen LogP contribution < -0.4 is 16.0 Å². The third kappa shape index (κ3) is 9.40. The van der Waals surface area contributed by atoms with Gasteiger partial charge in [0.15, 0.2) is 9.84 Å². The number of carbonyl (C=O) groups excluding carboxylic acids is 2. The van der Waals surface area contributed by atoms with E-state index in [0.29, 0.717) is 12.1 Å². The van der Waals surface area contributed by atoms with Gasteiger partial charge in [0, 0.05) is 18.1 Å². The van der Waals surface area contributed by atoms with Gasteiger partial charge in [-0.05, 0) is 36.6 Å². The summed E-state index contributed by atoms with van der Waals surface area (Å²) in [6.07, 6.45) is 1.32. The highest BCUT2D eigenvalue weighted by Gasteiger charge is 2.23. The summed E-state index contributed by atoms with van der Waals surface area (Å²) < 4.78 is 39.1. The average Bonchev–Trinajstić information content (AvgIpc) is 2.60. The Morgan fingerprint density at radius 1 is 1.21 bits per heavy atom. The first-order chi connectivity index (χ1) is 13.3. The van der Waals surface area contributed by atoms with Crippen molar-refractivity contribution in [2.75, 3.05) is 24.5 Å². The Bertz CT molecular complexity index is 856. The molecule has 29 heavy (non-hydrogen) atoms. The molecule has 4 N–H and O–H groups in total. The van der Waals surface area contributed by atoms with Gasteiger partial charge in [-0.3, -0.25) is 13.9 Å². The van der Waals surface area contributed by atoms with Gasteiger partial charge in [-0.15, -0.1) is 0 Å². The fraction of sp³-hybridized carbons (Fsp3) is 0.529. The van der Waals surface area contributed by atoms with Crippen LogP contribution in [0.5, 0.6) is 0 Å². The first-order valence-electron chi connectivity index (χ1n) is 8.95. The summed E-state index contributed by atoms with van der Waals surface area (Å²) >= 11 is 0. The van der Waals surface area contributed by atoms with Crippen LogP contribution in [0.1, 0.15) is 27.2 Å². The van der Waals surface area contributed by atoms with Gasteiger partial charge in [0.1, 0.15) is 12.8 Å². The monoisotopic (exact) mass is 449 g/mol. The van der Waals surface area contributed by atoms with Crippen LogP contribution in [0.3, 0.4) is 0 Å². The first-order valence-corrected chi connectivity index (χ1v) is 12.6. The minimum absolute atomic E-state index is 0.0839. The molecule has 0 aliphatic rings. The normalized spacial score (nSPS) is 14.7. The van der Waals surface area contributed by atoms with E-state index in [9.17, 15) is 27.5 Å². The zero-order valence-electron chi connectivity index (χ0n) is 16.8. The van der Waals surface area contributed by atoms with Crippen molar-refractivity contribution in [2.24, 2.45) is 5.92 Å². The van der Waals surface area contributed by atoms with E-state index in [1.165, 1.54) is 31.2 Å². The Kier molecular flexibility index (Phi) is 9.28. The fourth-order valence-corrected chi connectivity index (χ4v) is 3.31. The number of carbonyl (C=O) groups is 2. The van der Waals surface area contributed by atoms with Crippen molar-refractivity contribution < 1.29 is 32.0 Å². The Balaban J connectivity index is 2.70. The maximum atomic E-state index is 12.3. The zero-order valence-corrected chi connectivity index (χ0v) is 18.5. The van der Waals surface area contributed by atoms with Gasteiger partial charge < -0.3 is 20.8 Å². The molecular weight excluding hydrogens is 421 g/mol. The second-order valence-corrected chi connectivity index (χ2v) is 11.0. The molecular formula is C17H28N3O7PS. The van der Waals surface area contributed by atoms with Crippen LogP contribution in [0, 0.1) is 5.92 Å². The number of urea groups is 1. The van der Waals surface area contributed by atoms with Gasteiger partial charge >= 0.3 is 13.6 Å². The predicted molar refractivity (Wildman–Crippen MR) is 109 cm³/mol. The summed E-state index contributed by atoms with van der Waals surface area (Å²) in [6, 6.07) is 4.05. The maximum Gasteiger partial charge on any atom is 0.329 e. The Hall–Kier alpha value is -1.94. The highest BCUT2D eigenvalue weighted by Crippen LogP contribution is 2.40. The number of benzene rings is 1. The molecule has 0 spiro atoms. The zero-order chi connectivity index (χ0) is 22.2. The Morgan fingerprint density at radius 3 is 2.28 bits per heavy atom. The van der Waals surface area contributed by atoms with Gasteiger partial charge in [0.25, 0.3) is 0 Å². The fourth-order valence-electron chi connectivity index (χ4n) is 2.23. The van der Waals surface area contributed by atoms with E-state index in [4.69, 9.17) is 4.52 Å². The first kappa shape index (κ1) is 25.1. The van der Waals surface area contributed by atoms with Gasteiger partial charge in [0.2, 0.25) is 5.91 Å². The largest absolute Gasteiger partial charge is 0.331 e. The molecule has 1 rings (SSSR count). The number of sulfone groups is 1. The lowest BCUT2D eigenvalue weighted by Gasteiger charge is -2.21. The number of rotatable bonds is 10. The van der Waals surface area contributed by atoms with E-state index in [1.54, 1.807) is 0 Å². The molecule has 0 aliphatic heterocycles. The molecule has 3 amide bonds. The van der Waals surface area contributed by atoms with Crippen molar-refractivity contribution >= 4 is 35.1 Å². The molecule has 2 atom stereocenters. The van der Waals surface area contributed by atoms with Crippen LogP contribution >= 0.6 is 7.60 Å². The number of amides is 3. The van der Waals surface area contributed by atoms with Crippen molar-refractivity contribution in [3.8, 4) is 0 Å². The van der Waals surface area contributed by atoms with Gasteiger partial charge in [0.05, 0.1) is 4.90 Å². The van der Waals surface area contributed by atoms with Gasteiger partial charge in [-0.2, -0.15) is 0 Å². The molecule has 0 aliphatic carbocycles. The van der Waals surface area contributed by atoms with Crippen LogP contribution in [0.2, 0.25) is 0 Å². The van der Waals surface area contributed by atoms with Crippen molar-refractivity contribution in [1.29, 1.82) is 0 Å². The molecule has 10 nitrogen and oxygen atoms in total. The molecule has 0 saturated heterocycles. The van der Waals surface area contributed by atoms with E-state index in [2.05, 4.69) is 16.0 Å². The smallest absolute Gasteiger partial charge is 0.329 e. The molecule has 0 bridgehead atoms. The van der Waals surface area contributed by atoms with Gasteiger partial charge in [-0.25, -0.2) is 13.2 Å². The summed E-state index contributed by atoms with van der Waals surface area (Å²) in [5.74, 6) is -0.474. The van der Waals surface area contributed by atoms with Crippen molar-refractivity contribution in [3.63, 3.8) is 0 Å². The molecule has 12 heteroatoms. The van der Waals surface area contributed by atoms with Crippen molar-refractivity contribution in [3.05, 3.63) is 24.3 Å². The van der Waals surface area contributed by atoms with E-state index in [1.807, 2.05) is 13.8 Å². The van der Waals surface area contributed by atoms with Gasteiger partial charge in [-0.1, -0.05) is 20.8 Å². The van der Waals surface area contributed by atoms with Crippen LogP contribution in [0.15, 0.2) is 29.2 Å². The highest BCUT2D eigenvalue weighted by molar-refractivity contribution is 7.90. The van der Waals surface area contributed by atoms with Crippen LogP contribution in [-0.4, -0.2) is 50.4 Å². The molecule has 0 heterocycles. The lowest BCUT2D eigenvalue weighted by Crippen LogP contribution is -2.49. The molecule has 1 unspecified atom stereocenters. The van der Waals surface area contributed by atoms with Crippen LogP contribution in [-0.2, 0) is 23.7 Å². The van der Waals surface area contributed by atoms with Crippen LogP contribution in [0.4, 0.5) is 10.5 Å². The molecule has 1 aromatic rings. The Morgan fingerprint density at radius 2 is 1.79 bits per heavy atom. The van der Waals surface area contributed by atoms with Crippen molar-refractivity contribution in [2.45, 2.75) is 38.1 Å². The summed E-state index contributed by atoms with van der Waals surface area (Å²) in [5, 5.41) is 7.43. The lowest BCUT2D eigenvalue weighted by molar-refractivity contribution is -0.124. The number of hydrogen-bond donors (Lipinski definition) is 4. The van der Waals surface area contributed by atoms with E-state index in [-0.39, 0.29) is 17.0 Å². The second-order valence-electron chi connectivity index (χ2n) is 6.85. The molecule has 0 aromatic heterocycles. The maximum absolute atomic E-state index is 12.3. The Labute approximate surface area is 170 Å². The second kappa shape index (κ2) is 10.7. The minimum Gasteiger partial charge on any atom is -0.331 e. The number of nitrogens with one attached hydrogen (secondary N) is 3. The third-order valence-electron chi connectivity index (χ3n) is 3.78. The summed E-state index contributed by atoms with van der Waals surface area (Å²) in [7, 11) is -7.08. The van der Waals surface area contributed by atoms with Crippen LogP contribution in [0.25, 0.3) is 0 Å².